The van der Waals surface area contributed by atoms with Gasteiger partial charge in [-0.1, -0.05) is 12.1 Å². The van der Waals surface area contributed by atoms with Crippen LogP contribution < -0.4 is 5.32 Å². The highest BCUT2D eigenvalue weighted by Gasteiger charge is 2.08. The number of para-hydroxylation sites is 1. The second-order valence-corrected chi connectivity index (χ2v) is 7.11. The Kier molecular flexibility index (Phi) is 4.26. The number of hydrogen-bond acceptors (Lipinski definition) is 4. The van der Waals surface area contributed by atoms with Gasteiger partial charge in [0.05, 0.1) is 10.2 Å². The first-order valence-electron chi connectivity index (χ1n) is 7.75. The Morgan fingerprint density at radius 3 is 2.36 bits per heavy atom. The molecule has 5 heteroatoms. The van der Waals surface area contributed by atoms with Gasteiger partial charge in [-0.15, -0.1) is 24.0 Å². The average molecular weight is 362 g/mol. The lowest BCUT2D eigenvalue weighted by Crippen LogP contribution is -2.11. The molecule has 3 nitrogen and oxygen atoms in total. The van der Waals surface area contributed by atoms with E-state index in [1.54, 1.807) is 35.6 Å². The standard InChI is InChI=1S/C20H14N2OS2/c23-19(13-7-11-16(24)12-8-13)21-15-9-5-14(6-10-15)20-22-17-3-1-2-4-18(17)25-20/h1-12,24H,(H,21,23). The van der Waals surface area contributed by atoms with E-state index in [1.807, 2.05) is 42.5 Å². The summed E-state index contributed by atoms with van der Waals surface area (Å²) in [5, 5.41) is 3.88. The first-order valence-corrected chi connectivity index (χ1v) is 9.02. The van der Waals surface area contributed by atoms with Crippen molar-refractivity contribution in [3.8, 4) is 10.6 Å². The van der Waals surface area contributed by atoms with E-state index in [1.165, 1.54) is 4.70 Å². The smallest absolute Gasteiger partial charge is 0.255 e. The predicted octanol–water partition coefficient (Wildman–Crippen LogP) is 5.50. The summed E-state index contributed by atoms with van der Waals surface area (Å²) in [5.74, 6) is -0.138. The molecule has 25 heavy (non-hydrogen) atoms. The number of amides is 1. The Labute approximate surface area is 154 Å². The molecule has 4 aromatic rings. The van der Waals surface area contributed by atoms with Crippen LogP contribution in [0.25, 0.3) is 20.8 Å². The summed E-state index contributed by atoms with van der Waals surface area (Å²) in [6.07, 6.45) is 0. The summed E-state index contributed by atoms with van der Waals surface area (Å²) in [7, 11) is 0. The molecule has 1 aromatic heterocycles. The number of fused-ring (bicyclic) bond motifs is 1. The molecule has 1 N–H and O–H groups in total. The zero-order valence-corrected chi connectivity index (χ0v) is 14.9. The van der Waals surface area contributed by atoms with Gasteiger partial charge in [-0.2, -0.15) is 0 Å². The topological polar surface area (TPSA) is 42.0 Å². The molecule has 0 bridgehead atoms. The van der Waals surface area contributed by atoms with Gasteiger partial charge < -0.3 is 5.32 Å². The van der Waals surface area contributed by atoms with Crippen LogP contribution in [-0.2, 0) is 0 Å². The van der Waals surface area contributed by atoms with Crippen LogP contribution in [0.1, 0.15) is 10.4 Å². The van der Waals surface area contributed by atoms with E-state index < -0.39 is 0 Å². The molecule has 3 aromatic carbocycles. The van der Waals surface area contributed by atoms with Crippen molar-refractivity contribution in [2.24, 2.45) is 0 Å². The largest absolute Gasteiger partial charge is 0.322 e. The van der Waals surface area contributed by atoms with Crippen molar-refractivity contribution in [1.82, 2.24) is 4.98 Å². The maximum atomic E-state index is 12.3. The lowest BCUT2D eigenvalue weighted by atomic mass is 10.2. The molecule has 0 radical (unpaired) electrons. The van der Waals surface area contributed by atoms with E-state index in [0.29, 0.717) is 5.56 Å². The van der Waals surface area contributed by atoms with Crippen LogP contribution in [0.15, 0.2) is 77.7 Å². The Morgan fingerprint density at radius 2 is 1.64 bits per heavy atom. The highest BCUT2D eigenvalue weighted by molar-refractivity contribution is 7.80. The van der Waals surface area contributed by atoms with Crippen LogP contribution in [0, 0.1) is 0 Å². The number of benzene rings is 3. The van der Waals surface area contributed by atoms with Gasteiger partial charge in [0.25, 0.3) is 5.91 Å². The average Bonchev–Trinajstić information content (AvgIpc) is 3.07. The predicted molar refractivity (Wildman–Crippen MR) is 107 cm³/mol. The minimum atomic E-state index is -0.138. The van der Waals surface area contributed by atoms with Crippen LogP contribution in [0.4, 0.5) is 5.69 Å². The van der Waals surface area contributed by atoms with Gasteiger partial charge in [-0.25, -0.2) is 4.98 Å². The fourth-order valence-corrected chi connectivity index (χ4v) is 3.63. The Bertz CT molecular complexity index is 1000. The van der Waals surface area contributed by atoms with Crippen LogP contribution in [0.3, 0.4) is 0 Å². The minimum absolute atomic E-state index is 0.138. The molecule has 0 aliphatic heterocycles. The second-order valence-electron chi connectivity index (χ2n) is 5.57. The van der Waals surface area contributed by atoms with Gasteiger partial charge in [0, 0.05) is 21.7 Å². The Morgan fingerprint density at radius 1 is 0.920 bits per heavy atom. The summed E-state index contributed by atoms with van der Waals surface area (Å²) in [4.78, 5) is 17.7. The Balaban J connectivity index is 1.53. The van der Waals surface area contributed by atoms with Crippen molar-refractivity contribution in [3.63, 3.8) is 0 Å². The number of hydrogen-bond donors (Lipinski definition) is 2. The van der Waals surface area contributed by atoms with E-state index in [4.69, 9.17) is 0 Å². The zero-order chi connectivity index (χ0) is 17.2. The number of carbonyl (C=O) groups excluding carboxylic acids is 1. The fourth-order valence-electron chi connectivity index (χ4n) is 2.51. The molecular weight excluding hydrogens is 348 g/mol. The third-order valence-electron chi connectivity index (χ3n) is 3.81. The number of rotatable bonds is 3. The van der Waals surface area contributed by atoms with Gasteiger partial charge in [0.15, 0.2) is 0 Å². The van der Waals surface area contributed by atoms with Crippen LogP contribution >= 0.6 is 24.0 Å². The minimum Gasteiger partial charge on any atom is -0.322 e. The number of carbonyl (C=O) groups is 1. The lowest BCUT2D eigenvalue weighted by Gasteiger charge is -2.06. The van der Waals surface area contributed by atoms with Crippen molar-refractivity contribution in [2.75, 3.05) is 5.32 Å². The lowest BCUT2D eigenvalue weighted by molar-refractivity contribution is 0.102. The molecule has 0 spiro atoms. The third kappa shape index (κ3) is 3.43. The maximum Gasteiger partial charge on any atom is 0.255 e. The molecule has 0 aliphatic rings. The highest BCUT2D eigenvalue weighted by Crippen LogP contribution is 2.30. The SMILES string of the molecule is O=C(Nc1ccc(-c2nc3ccccc3s2)cc1)c1ccc(S)cc1. The van der Waals surface area contributed by atoms with Crippen molar-refractivity contribution in [3.05, 3.63) is 78.4 Å². The zero-order valence-electron chi connectivity index (χ0n) is 13.1. The van der Waals surface area contributed by atoms with Crippen molar-refractivity contribution < 1.29 is 4.79 Å². The first-order chi connectivity index (χ1) is 12.2. The maximum absolute atomic E-state index is 12.3. The first kappa shape index (κ1) is 15.9. The molecule has 0 fully saturated rings. The molecule has 4 rings (SSSR count). The van der Waals surface area contributed by atoms with Crippen LogP contribution in [0.5, 0.6) is 0 Å². The van der Waals surface area contributed by atoms with Gasteiger partial charge in [0.2, 0.25) is 0 Å². The number of nitrogens with zero attached hydrogens (tertiary/aromatic N) is 1. The summed E-state index contributed by atoms with van der Waals surface area (Å²) in [5.41, 5.74) is 3.41. The van der Waals surface area contributed by atoms with Gasteiger partial charge in [0.1, 0.15) is 5.01 Å². The number of anilines is 1. The Hall–Kier alpha value is -2.63. The summed E-state index contributed by atoms with van der Waals surface area (Å²) in [6, 6.07) is 22.9. The van der Waals surface area contributed by atoms with Crippen molar-refractivity contribution >= 4 is 45.8 Å². The summed E-state index contributed by atoms with van der Waals surface area (Å²) >= 11 is 5.89. The molecule has 0 unspecified atom stereocenters. The molecule has 1 amide bonds. The molecule has 1 heterocycles. The molecule has 0 atom stereocenters. The quantitative estimate of drug-likeness (QED) is 0.472. The second kappa shape index (κ2) is 6.70. The van der Waals surface area contributed by atoms with E-state index >= 15 is 0 Å². The van der Waals surface area contributed by atoms with E-state index in [9.17, 15) is 4.79 Å². The number of thiol groups is 1. The van der Waals surface area contributed by atoms with Gasteiger partial charge in [-0.05, 0) is 60.7 Å². The number of thiazole rings is 1. The van der Waals surface area contributed by atoms with Crippen molar-refractivity contribution in [1.29, 1.82) is 0 Å². The van der Waals surface area contributed by atoms with Gasteiger partial charge >= 0.3 is 0 Å². The third-order valence-corrected chi connectivity index (χ3v) is 5.20. The summed E-state index contributed by atoms with van der Waals surface area (Å²) in [6.45, 7) is 0. The van der Waals surface area contributed by atoms with E-state index in [-0.39, 0.29) is 5.91 Å². The number of nitrogens with one attached hydrogen (secondary N) is 1. The highest BCUT2D eigenvalue weighted by atomic mass is 32.1. The van der Waals surface area contributed by atoms with Gasteiger partial charge in [-0.3, -0.25) is 4.79 Å². The molecule has 0 saturated carbocycles. The van der Waals surface area contributed by atoms with E-state index in [0.717, 1.165) is 26.7 Å². The molecule has 122 valence electrons. The molecule has 0 aliphatic carbocycles. The molecule has 0 saturated heterocycles. The van der Waals surface area contributed by atoms with E-state index in [2.05, 4.69) is 29.0 Å². The van der Waals surface area contributed by atoms with Crippen molar-refractivity contribution in [2.45, 2.75) is 4.90 Å². The molecular formula is C20H14N2OS2. The normalized spacial score (nSPS) is 10.8. The summed E-state index contributed by atoms with van der Waals surface area (Å²) < 4.78 is 1.17. The van der Waals surface area contributed by atoms with Crippen LogP contribution in [0.2, 0.25) is 0 Å². The van der Waals surface area contributed by atoms with Crippen LogP contribution in [-0.4, -0.2) is 10.9 Å². The number of aromatic nitrogens is 1. The fraction of sp³-hybridized carbons (Fsp3) is 0. The monoisotopic (exact) mass is 362 g/mol.